The van der Waals surface area contributed by atoms with Crippen molar-refractivity contribution in [3.63, 3.8) is 0 Å². The maximum Gasteiger partial charge on any atom is 0.239 e. The van der Waals surface area contributed by atoms with Crippen molar-refractivity contribution in [3.8, 4) is 0 Å². The predicted octanol–water partition coefficient (Wildman–Crippen LogP) is 1.93. The maximum absolute atomic E-state index is 11.7. The highest BCUT2D eigenvalue weighted by molar-refractivity contribution is 14.0. The Morgan fingerprint density at radius 1 is 1.14 bits per heavy atom. The minimum absolute atomic E-state index is 0. The zero-order chi connectivity index (χ0) is 15.7. The van der Waals surface area contributed by atoms with Crippen molar-refractivity contribution in [1.82, 2.24) is 16.0 Å². The highest BCUT2D eigenvalue weighted by Gasteiger charge is 2.13. The summed E-state index contributed by atoms with van der Waals surface area (Å²) in [4.78, 5) is 15.8. The Hall–Kier alpha value is -1.31. The number of guanidine groups is 1. The first-order chi connectivity index (χ1) is 9.90. The molecule has 5 nitrogen and oxygen atoms in total. The van der Waals surface area contributed by atoms with E-state index in [0.29, 0.717) is 5.96 Å². The van der Waals surface area contributed by atoms with Crippen molar-refractivity contribution in [3.05, 3.63) is 35.9 Å². The second kappa shape index (κ2) is 10.4. The lowest BCUT2D eigenvalue weighted by Gasteiger charge is -2.21. The minimum Gasteiger partial charge on any atom is -0.356 e. The quantitative estimate of drug-likeness (QED) is 0.389. The van der Waals surface area contributed by atoms with Gasteiger partial charge in [0.15, 0.2) is 5.96 Å². The van der Waals surface area contributed by atoms with Gasteiger partial charge in [-0.25, -0.2) is 0 Å². The molecule has 1 aromatic rings. The van der Waals surface area contributed by atoms with Gasteiger partial charge in [-0.1, -0.05) is 30.3 Å². The fourth-order valence-electron chi connectivity index (χ4n) is 1.82. The molecule has 0 unspecified atom stereocenters. The van der Waals surface area contributed by atoms with Crippen LogP contribution >= 0.6 is 24.0 Å². The number of aliphatic imine (C=N–C) groups is 1. The van der Waals surface area contributed by atoms with E-state index in [1.54, 1.807) is 7.05 Å². The van der Waals surface area contributed by atoms with Gasteiger partial charge in [-0.05, 0) is 32.8 Å². The molecule has 124 valence electrons. The molecule has 0 aromatic heterocycles. The Morgan fingerprint density at radius 3 is 2.32 bits per heavy atom. The summed E-state index contributed by atoms with van der Waals surface area (Å²) < 4.78 is 0. The highest BCUT2D eigenvalue weighted by atomic mass is 127. The Morgan fingerprint density at radius 2 is 1.77 bits per heavy atom. The van der Waals surface area contributed by atoms with E-state index in [4.69, 9.17) is 0 Å². The van der Waals surface area contributed by atoms with Crippen LogP contribution in [0.2, 0.25) is 0 Å². The van der Waals surface area contributed by atoms with Gasteiger partial charge < -0.3 is 16.0 Å². The Kier molecular flexibility index (Phi) is 9.80. The molecule has 0 spiro atoms. The minimum atomic E-state index is -0.219. The van der Waals surface area contributed by atoms with Crippen LogP contribution in [0.3, 0.4) is 0 Å². The van der Waals surface area contributed by atoms with Gasteiger partial charge >= 0.3 is 0 Å². The van der Waals surface area contributed by atoms with E-state index in [1.165, 1.54) is 5.56 Å². The van der Waals surface area contributed by atoms with Crippen LogP contribution in [0.5, 0.6) is 0 Å². The van der Waals surface area contributed by atoms with Gasteiger partial charge in [0.05, 0.1) is 6.54 Å². The molecule has 0 heterocycles. The normalized spacial score (nSPS) is 11.4. The fourth-order valence-corrected chi connectivity index (χ4v) is 1.82. The van der Waals surface area contributed by atoms with E-state index in [0.717, 1.165) is 13.0 Å². The number of rotatable bonds is 5. The number of halogens is 1. The fraction of sp³-hybridized carbons (Fsp3) is 0.500. The van der Waals surface area contributed by atoms with Crippen molar-refractivity contribution in [2.45, 2.75) is 32.7 Å². The lowest BCUT2D eigenvalue weighted by molar-refractivity contribution is -0.121. The summed E-state index contributed by atoms with van der Waals surface area (Å²) in [6, 6.07) is 10.2. The van der Waals surface area contributed by atoms with Gasteiger partial charge in [-0.2, -0.15) is 0 Å². The second-order valence-electron chi connectivity index (χ2n) is 5.89. The summed E-state index contributed by atoms with van der Waals surface area (Å²) in [5.41, 5.74) is 1.05. The molecule has 0 saturated carbocycles. The van der Waals surface area contributed by atoms with Crippen molar-refractivity contribution >= 4 is 35.8 Å². The smallest absolute Gasteiger partial charge is 0.239 e. The number of nitrogens with zero attached hydrogens (tertiary/aromatic N) is 1. The van der Waals surface area contributed by atoms with Crippen LogP contribution in [0.1, 0.15) is 26.3 Å². The van der Waals surface area contributed by atoms with Crippen LogP contribution in [0.4, 0.5) is 0 Å². The Balaban J connectivity index is 0.00000441. The summed E-state index contributed by atoms with van der Waals surface area (Å²) in [7, 11) is 1.69. The Labute approximate surface area is 150 Å². The predicted molar refractivity (Wildman–Crippen MR) is 103 cm³/mol. The molecule has 6 heteroatoms. The first kappa shape index (κ1) is 20.7. The number of benzene rings is 1. The average molecular weight is 418 g/mol. The van der Waals surface area contributed by atoms with Crippen LogP contribution in [0, 0.1) is 0 Å². The molecule has 22 heavy (non-hydrogen) atoms. The summed E-state index contributed by atoms with van der Waals surface area (Å²) >= 11 is 0. The number of carbonyl (C=O) groups is 1. The molecule has 1 aromatic carbocycles. The average Bonchev–Trinajstić information content (AvgIpc) is 2.42. The summed E-state index contributed by atoms with van der Waals surface area (Å²) in [6.07, 6.45) is 0.912. The van der Waals surface area contributed by atoms with Gasteiger partial charge in [-0.15, -0.1) is 24.0 Å². The molecule has 0 radical (unpaired) electrons. The lowest BCUT2D eigenvalue weighted by atomic mass is 10.1. The van der Waals surface area contributed by atoms with Gasteiger partial charge in [0.25, 0.3) is 0 Å². The molecule has 0 aliphatic rings. The third-order valence-electron chi connectivity index (χ3n) is 2.70. The number of carbonyl (C=O) groups excluding carboxylic acids is 1. The van der Waals surface area contributed by atoms with Crippen molar-refractivity contribution in [2.75, 3.05) is 20.1 Å². The molecule has 0 atom stereocenters. The Bertz CT molecular complexity index is 469. The monoisotopic (exact) mass is 418 g/mol. The van der Waals surface area contributed by atoms with Crippen LogP contribution in [-0.4, -0.2) is 37.5 Å². The third-order valence-corrected chi connectivity index (χ3v) is 2.70. The SMILES string of the molecule is CN=C(NCCc1ccccc1)NCC(=O)NC(C)(C)C.I. The molecule has 1 amide bonds. The first-order valence-electron chi connectivity index (χ1n) is 7.20. The van der Waals surface area contributed by atoms with Crippen LogP contribution in [0.15, 0.2) is 35.3 Å². The maximum atomic E-state index is 11.7. The van der Waals surface area contributed by atoms with Crippen molar-refractivity contribution in [1.29, 1.82) is 0 Å². The van der Waals surface area contributed by atoms with Gasteiger partial charge in [0.2, 0.25) is 5.91 Å². The molecule has 0 fully saturated rings. The summed E-state index contributed by atoms with van der Waals surface area (Å²) in [5, 5.41) is 9.10. The molecule has 0 saturated heterocycles. The lowest BCUT2D eigenvalue weighted by Crippen LogP contribution is -2.48. The van der Waals surface area contributed by atoms with Crippen LogP contribution in [-0.2, 0) is 11.2 Å². The zero-order valence-corrected chi connectivity index (χ0v) is 16.1. The van der Waals surface area contributed by atoms with E-state index in [9.17, 15) is 4.79 Å². The highest BCUT2D eigenvalue weighted by Crippen LogP contribution is 1.98. The van der Waals surface area contributed by atoms with Gasteiger partial charge in [0.1, 0.15) is 0 Å². The summed E-state index contributed by atoms with van der Waals surface area (Å²) in [5.74, 6) is 0.587. The molecule has 0 bridgehead atoms. The van der Waals surface area contributed by atoms with Gasteiger partial charge in [0, 0.05) is 19.1 Å². The first-order valence-corrected chi connectivity index (χ1v) is 7.20. The zero-order valence-electron chi connectivity index (χ0n) is 13.8. The van der Waals surface area contributed by atoms with E-state index < -0.39 is 0 Å². The van der Waals surface area contributed by atoms with Crippen LogP contribution < -0.4 is 16.0 Å². The van der Waals surface area contributed by atoms with E-state index in [2.05, 4.69) is 33.1 Å². The largest absolute Gasteiger partial charge is 0.356 e. The topological polar surface area (TPSA) is 65.5 Å². The van der Waals surface area contributed by atoms with E-state index in [1.807, 2.05) is 39.0 Å². The molecule has 1 rings (SSSR count). The molecule has 0 aliphatic carbocycles. The summed E-state index contributed by atoms with van der Waals surface area (Å²) in [6.45, 7) is 6.85. The van der Waals surface area contributed by atoms with E-state index >= 15 is 0 Å². The molecule has 0 aliphatic heterocycles. The second-order valence-corrected chi connectivity index (χ2v) is 5.89. The number of hydrogen-bond acceptors (Lipinski definition) is 2. The standard InChI is InChI=1S/C16H26N4O.HI/c1-16(2,3)20-14(21)12-19-15(17-4)18-11-10-13-8-6-5-7-9-13;/h5-9H,10-12H2,1-4H3,(H,20,21)(H2,17,18,19);1H. The third kappa shape index (κ3) is 9.59. The van der Waals surface area contributed by atoms with Gasteiger partial charge in [-0.3, -0.25) is 9.79 Å². The number of amides is 1. The number of hydrogen-bond donors (Lipinski definition) is 3. The molecule has 3 N–H and O–H groups in total. The van der Waals surface area contributed by atoms with Crippen molar-refractivity contribution in [2.24, 2.45) is 4.99 Å². The van der Waals surface area contributed by atoms with Crippen molar-refractivity contribution < 1.29 is 4.79 Å². The van der Waals surface area contributed by atoms with Crippen LogP contribution in [0.25, 0.3) is 0 Å². The molecular weight excluding hydrogens is 391 g/mol. The molecular formula is C16H27IN4O. The number of nitrogens with one attached hydrogen (secondary N) is 3. The van der Waals surface area contributed by atoms with E-state index in [-0.39, 0.29) is 42.0 Å².